The Labute approximate surface area is 82.1 Å². The van der Waals surface area contributed by atoms with Crippen molar-refractivity contribution in [3.63, 3.8) is 0 Å². The van der Waals surface area contributed by atoms with Crippen molar-refractivity contribution in [1.82, 2.24) is 4.98 Å². The van der Waals surface area contributed by atoms with Crippen molar-refractivity contribution in [3.05, 3.63) is 24.0 Å². The summed E-state index contributed by atoms with van der Waals surface area (Å²) in [5, 5.41) is 0. The highest BCUT2D eigenvalue weighted by molar-refractivity contribution is 5.93. The highest BCUT2D eigenvalue weighted by Crippen LogP contribution is 2.13. The molecule has 4 nitrogen and oxygen atoms in total. The molecule has 0 saturated heterocycles. The van der Waals surface area contributed by atoms with Crippen LogP contribution in [0, 0.1) is 11.8 Å². The number of carbonyl (C=O) groups excluding carboxylic acids is 1. The van der Waals surface area contributed by atoms with Crippen LogP contribution in [-0.2, 0) is 0 Å². The molecule has 4 heteroatoms. The number of aromatic nitrogens is 1. The van der Waals surface area contributed by atoms with Crippen molar-refractivity contribution in [2.75, 3.05) is 6.61 Å². The summed E-state index contributed by atoms with van der Waals surface area (Å²) in [5.74, 6) is 5.14. The van der Waals surface area contributed by atoms with E-state index >= 15 is 0 Å². The van der Waals surface area contributed by atoms with Crippen LogP contribution < -0.4 is 10.5 Å². The zero-order valence-electron chi connectivity index (χ0n) is 7.78. The van der Waals surface area contributed by atoms with Crippen LogP contribution >= 0.6 is 0 Å². The summed E-state index contributed by atoms with van der Waals surface area (Å²) < 4.78 is 5.20. The molecule has 0 saturated carbocycles. The van der Waals surface area contributed by atoms with E-state index in [9.17, 15) is 4.79 Å². The van der Waals surface area contributed by atoms with Gasteiger partial charge in [-0.1, -0.05) is 5.92 Å². The fourth-order valence-electron chi connectivity index (χ4n) is 0.878. The molecule has 0 radical (unpaired) electrons. The van der Waals surface area contributed by atoms with E-state index in [2.05, 4.69) is 16.8 Å². The van der Waals surface area contributed by atoms with E-state index in [0.29, 0.717) is 5.75 Å². The number of primary amides is 1. The van der Waals surface area contributed by atoms with Crippen LogP contribution in [0.3, 0.4) is 0 Å². The molecular formula is C10H10N2O2. The molecular weight excluding hydrogens is 180 g/mol. The Morgan fingerprint density at radius 2 is 2.50 bits per heavy atom. The summed E-state index contributed by atoms with van der Waals surface area (Å²) >= 11 is 0. The summed E-state index contributed by atoms with van der Waals surface area (Å²) in [7, 11) is 0. The Balaban J connectivity index is 2.83. The van der Waals surface area contributed by atoms with E-state index < -0.39 is 5.91 Å². The van der Waals surface area contributed by atoms with Crippen LogP contribution in [0.5, 0.6) is 5.75 Å². The summed E-state index contributed by atoms with van der Waals surface area (Å²) in [5.41, 5.74) is 5.23. The van der Waals surface area contributed by atoms with Gasteiger partial charge in [0.05, 0.1) is 0 Å². The van der Waals surface area contributed by atoms with E-state index in [1.165, 1.54) is 6.20 Å². The second-order valence-electron chi connectivity index (χ2n) is 2.43. The topological polar surface area (TPSA) is 65.2 Å². The van der Waals surface area contributed by atoms with Crippen molar-refractivity contribution >= 4 is 5.91 Å². The van der Waals surface area contributed by atoms with Gasteiger partial charge in [0.15, 0.2) is 11.4 Å². The summed E-state index contributed by atoms with van der Waals surface area (Å²) in [6.45, 7) is 1.93. The molecule has 0 aliphatic rings. The van der Waals surface area contributed by atoms with E-state index in [1.807, 2.05) is 0 Å². The molecule has 0 atom stereocenters. The zero-order valence-corrected chi connectivity index (χ0v) is 7.78. The molecule has 1 rings (SSSR count). The Kier molecular flexibility index (Phi) is 3.50. The molecule has 0 spiro atoms. The largest absolute Gasteiger partial charge is 0.478 e. The molecule has 14 heavy (non-hydrogen) atoms. The maximum absolute atomic E-state index is 10.9. The van der Waals surface area contributed by atoms with Gasteiger partial charge in [-0.15, -0.1) is 5.92 Å². The SMILES string of the molecule is CC#CCOc1cccnc1C(N)=O. The summed E-state index contributed by atoms with van der Waals surface area (Å²) in [6, 6.07) is 3.30. The third-order valence-electron chi connectivity index (χ3n) is 1.48. The van der Waals surface area contributed by atoms with Crippen molar-refractivity contribution < 1.29 is 9.53 Å². The smallest absolute Gasteiger partial charge is 0.271 e. The Morgan fingerprint density at radius 3 is 3.14 bits per heavy atom. The molecule has 1 amide bonds. The van der Waals surface area contributed by atoms with Gasteiger partial charge in [0, 0.05) is 6.20 Å². The van der Waals surface area contributed by atoms with Crippen LogP contribution in [0.2, 0.25) is 0 Å². The molecule has 0 aliphatic heterocycles. The molecule has 0 bridgehead atoms. The second kappa shape index (κ2) is 4.87. The van der Waals surface area contributed by atoms with E-state index in [-0.39, 0.29) is 12.3 Å². The maximum Gasteiger partial charge on any atom is 0.271 e. The highest BCUT2D eigenvalue weighted by atomic mass is 16.5. The molecule has 0 unspecified atom stereocenters. The number of hydrogen-bond donors (Lipinski definition) is 1. The lowest BCUT2D eigenvalue weighted by Gasteiger charge is -2.04. The van der Waals surface area contributed by atoms with Gasteiger partial charge in [-0.05, 0) is 19.1 Å². The predicted molar refractivity (Wildman–Crippen MR) is 51.7 cm³/mol. The average Bonchev–Trinajstić information content (AvgIpc) is 2.19. The first kappa shape index (κ1) is 10.1. The lowest BCUT2D eigenvalue weighted by molar-refractivity contribution is 0.0992. The number of hydrogen-bond acceptors (Lipinski definition) is 3. The first-order valence-electron chi connectivity index (χ1n) is 4.03. The van der Waals surface area contributed by atoms with Gasteiger partial charge in [-0.3, -0.25) is 4.79 Å². The van der Waals surface area contributed by atoms with Crippen LogP contribution in [0.1, 0.15) is 17.4 Å². The van der Waals surface area contributed by atoms with E-state index in [1.54, 1.807) is 19.1 Å². The quantitative estimate of drug-likeness (QED) is 0.709. The fraction of sp³-hybridized carbons (Fsp3) is 0.200. The number of nitrogens with zero attached hydrogens (tertiary/aromatic N) is 1. The number of amides is 1. The van der Waals surface area contributed by atoms with Crippen LogP contribution in [-0.4, -0.2) is 17.5 Å². The molecule has 0 aromatic carbocycles. The first-order chi connectivity index (χ1) is 6.75. The van der Waals surface area contributed by atoms with E-state index in [4.69, 9.17) is 10.5 Å². The third-order valence-corrected chi connectivity index (χ3v) is 1.48. The lowest BCUT2D eigenvalue weighted by atomic mass is 10.3. The standard InChI is InChI=1S/C10H10N2O2/c1-2-3-7-14-8-5-4-6-12-9(8)10(11)13/h4-6H,7H2,1H3,(H2,11,13). The maximum atomic E-state index is 10.9. The van der Waals surface area contributed by atoms with Gasteiger partial charge < -0.3 is 10.5 Å². The fourth-order valence-corrected chi connectivity index (χ4v) is 0.878. The van der Waals surface area contributed by atoms with E-state index in [0.717, 1.165) is 0 Å². The minimum Gasteiger partial charge on any atom is -0.478 e. The van der Waals surface area contributed by atoms with Gasteiger partial charge in [-0.2, -0.15) is 0 Å². The van der Waals surface area contributed by atoms with Crippen molar-refractivity contribution in [2.24, 2.45) is 5.73 Å². The molecule has 2 N–H and O–H groups in total. The predicted octanol–water partition coefficient (Wildman–Crippen LogP) is 0.583. The first-order valence-corrected chi connectivity index (χ1v) is 4.03. The van der Waals surface area contributed by atoms with Crippen LogP contribution in [0.15, 0.2) is 18.3 Å². The monoisotopic (exact) mass is 190 g/mol. The molecule has 1 heterocycles. The summed E-state index contributed by atoms with van der Waals surface area (Å²) in [4.78, 5) is 14.7. The minimum atomic E-state index is -0.606. The number of ether oxygens (including phenoxy) is 1. The number of pyridine rings is 1. The number of carbonyl (C=O) groups is 1. The lowest BCUT2D eigenvalue weighted by Crippen LogP contribution is -2.15. The minimum absolute atomic E-state index is 0.130. The molecule has 1 aromatic rings. The van der Waals surface area contributed by atoms with Crippen molar-refractivity contribution in [3.8, 4) is 17.6 Å². The molecule has 1 aromatic heterocycles. The van der Waals surface area contributed by atoms with Crippen molar-refractivity contribution in [2.45, 2.75) is 6.92 Å². The van der Waals surface area contributed by atoms with Crippen molar-refractivity contribution in [1.29, 1.82) is 0 Å². The second-order valence-corrected chi connectivity index (χ2v) is 2.43. The molecule has 0 aliphatic carbocycles. The normalized spacial score (nSPS) is 8.64. The van der Waals surface area contributed by atoms with Gasteiger partial charge in [-0.25, -0.2) is 4.98 Å². The zero-order chi connectivity index (χ0) is 10.4. The van der Waals surface area contributed by atoms with Gasteiger partial charge in [0.2, 0.25) is 0 Å². The Bertz CT molecular complexity index is 391. The highest BCUT2D eigenvalue weighted by Gasteiger charge is 2.08. The van der Waals surface area contributed by atoms with Gasteiger partial charge in [0.1, 0.15) is 6.61 Å². The van der Waals surface area contributed by atoms with Gasteiger partial charge in [0.25, 0.3) is 5.91 Å². The molecule has 0 fully saturated rings. The average molecular weight is 190 g/mol. The third kappa shape index (κ3) is 2.49. The Morgan fingerprint density at radius 1 is 1.71 bits per heavy atom. The number of nitrogens with two attached hydrogens (primary N) is 1. The van der Waals surface area contributed by atoms with Crippen LogP contribution in [0.25, 0.3) is 0 Å². The number of rotatable bonds is 3. The molecule has 72 valence electrons. The van der Waals surface area contributed by atoms with Gasteiger partial charge >= 0.3 is 0 Å². The summed E-state index contributed by atoms with van der Waals surface area (Å²) in [6.07, 6.45) is 1.48. The van der Waals surface area contributed by atoms with Crippen LogP contribution in [0.4, 0.5) is 0 Å². The Hall–Kier alpha value is -2.02.